The maximum atomic E-state index is 5.87. The Morgan fingerprint density at radius 3 is 3.10 bits per heavy atom. The summed E-state index contributed by atoms with van der Waals surface area (Å²) in [4.78, 5) is 0. The SMILES string of the molecule is CCOC1(Cl)CNCCO1. The molecule has 3 nitrogen and oxygen atoms in total. The van der Waals surface area contributed by atoms with E-state index in [2.05, 4.69) is 5.32 Å². The Hall–Kier alpha value is 0.170. The molecule has 0 amide bonds. The molecule has 0 aromatic rings. The molecule has 0 radical (unpaired) electrons. The van der Waals surface area contributed by atoms with Crippen LogP contribution in [-0.4, -0.2) is 31.5 Å². The molecule has 1 atom stereocenters. The van der Waals surface area contributed by atoms with Gasteiger partial charge in [-0.05, 0) is 6.92 Å². The monoisotopic (exact) mass is 165 g/mol. The molecular formula is C6H12ClNO2. The normalized spacial score (nSPS) is 34.2. The lowest BCUT2D eigenvalue weighted by molar-refractivity contribution is -0.185. The zero-order chi connectivity index (χ0) is 7.45. The molecule has 1 fully saturated rings. The van der Waals surface area contributed by atoms with Crippen LogP contribution >= 0.6 is 11.6 Å². The fourth-order valence-electron chi connectivity index (χ4n) is 0.873. The van der Waals surface area contributed by atoms with E-state index >= 15 is 0 Å². The molecule has 0 bridgehead atoms. The summed E-state index contributed by atoms with van der Waals surface area (Å²) in [6.45, 7) is 4.49. The van der Waals surface area contributed by atoms with E-state index < -0.39 is 5.25 Å². The van der Waals surface area contributed by atoms with E-state index in [0.717, 1.165) is 6.54 Å². The second kappa shape index (κ2) is 3.53. The molecule has 1 aliphatic rings. The van der Waals surface area contributed by atoms with Gasteiger partial charge in [0.15, 0.2) is 0 Å². The maximum absolute atomic E-state index is 5.87. The Labute approximate surface area is 65.6 Å². The van der Waals surface area contributed by atoms with Gasteiger partial charge in [-0.25, -0.2) is 0 Å². The standard InChI is InChI=1S/C6H12ClNO2/c1-2-9-6(7)5-8-3-4-10-6/h8H,2-5H2,1H3. The van der Waals surface area contributed by atoms with Crippen molar-refractivity contribution in [2.45, 2.75) is 12.2 Å². The maximum Gasteiger partial charge on any atom is 0.261 e. The van der Waals surface area contributed by atoms with E-state index in [1.807, 2.05) is 6.92 Å². The van der Waals surface area contributed by atoms with Crippen molar-refractivity contribution in [1.29, 1.82) is 0 Å². The number of halogens is 1. The third kappa shape index (κ3) is 2.09. The Bertz CT molecular complexity index is 98.4. The summed E-state index contributed by atoms with van der Waals surface area (Å²) in [5.74, 6) is 0. The van der Waals surface area contributed by atoms with E-state index in [1.54, 1.807) is 0 Å². The van der Waals surface area contributed by atoms with Gasteiger partial charge >= 0.3 is 0 Å². The summed E-state index contributed by atoms with van der Waals surface area (Å²) < 4.78 is 10.3. The Morgan fingerprint density at radius 1 is 1.80 bits per heavy atom. The van der Waals surface area contributed by atoms with Crippen molar-refractivity contribution in [2.75, 3.05) is 26.3 Å². The first kappa shape index (κ1) is 8.27. The number of rotatable bonds is 2. The van der Waals surface area contributed by atoms with E-state index in [9.17, 15) is 0 Å². The Morgan fingerprint density at radius 2 is 2.60 bits per heavy atom. The lowest BCUT2D eigenvalue weighted by Gasteiger charge is -2.30. The Balaban J connectivity index is 2.32. The van der Waals surface area contributed by atoms with Crippen LogP contribution in [0.5, 0.6) is 0 Å². The van der Waals surface area contributed by atoms with E-state index in [4.69, 9.17) is 21.1 Å². The highest BCUT2D eigenvalue weighted by atomic mass is 35.5. The van der Waals surface area contributed by atoms with Crippen molar-refractivity contribution >= 4 is 11.6 Å². The van der Waals surface area contributed by atoms with Crippen LogP contribution in [0.4, 0.5) is 0 Å². The molecule has 4 heteroatoms. The molecule has 10 heavy (non-hydrogen) atoms. The minimum absolute atomic E-state index is 0.558. The van der Waals surface area contributed by atoms with Crippen LogP contribution in [-0.2, 0) is 9.47 Å². The fraction of sp³-hybridized carbons (Fsp3) is 1.00. The van der Waals surface area contributed by atoms with Gasteiger partial charge in [0, 0.05) is 13.2 Å². The van der Waals surface area contributed by atoms with Crippen LogP contribution in [0, 0.1) is 0 Å². The molecule has 60 valence electrons. The minimum Gasteiger partial charge on any atom is -0.337 e. The number of hydrogen-bond acceptors (Lipinski definition) is 3. The van der Waals surface area contributed by atoms with Gasteiger partial charge in [0.05, 0.1) is 13.2 Å². The Kier molecular flexibility index (Phi) is 2.92. The summed E-state index contributed by atoms with van der Waals surface area (Å²) in [6.07, 6.45) is 0. The minimum atomic E-state index is -0.910. The zero-order valence-corrected chi connectivity index (χ0v) is 6.78. The zero-order valence-electron chi connectivity index (χ0n) is 6.02. The molecule has 1 saturated heterocycles. The summed E-state index contributed by atoms with van der Waals surface area (Å²) in [5.41, 5.74) is 0. The fourth-order valence-corrected chi connectivity index (χ4v) is 1.15. The first-order valence-corrected chi connectivity index (χ1v) is 3.82. The lowest BCUT2D eigenvalue weighted by Crippen LogP contribution is -2.47. The number of nitrogens with one attached hydrogen (secondary N) is 1. The van der Waals surface area contributed by atoms with Gasteiger partial charge in [-0.2, -0.15) is 0 Å². The van der Waals surface area contributed by atoms with Gasteiger partial charge in [-0.3, -0.25) is 0 Å². The van der Waals surface area contributed by atoms with Gasteiger partial charge in [0.1, 0.15) is 0 Å². The topological polar surface area (TPSA) is 30.5 Å². The molecule has 1 heterocycles. The second-order valence-electron chi connectivity index (χ2n) is 2.12. The summed E-state index contributed by atoms with van der Waals surface area (Å²) in [6, 6.07) is 0. The molecule has 0 spiro atoms. The van der Waals surface area contributed by atoms with Crippen molar-refractivity contribution in [3.05, 3.63) is 0 Å². The van der Waals surface area contributed by atoms with Gasteiger partial charge < -0.3 is 14.8 Å². The van der Waals surface area contributed by atoms with Gasteiger partial charge in [0.2, 0.25) is 0 Å². The van der Waals surface area contributed by atoms with Gasteiger partial charge in [-0.1, -0.05) is 11.6 Å². The first-order chi connectivity index (χ1) is 4.77. The average molecular weight is 166 g/mol. The van der Waals surface area contributed by atoms with Crippen molar-refractivity contribution in [3.63, 3.8) is 0 Å². The van der Waals surface area contributed by atoms with Crippen molar-refractivity contribution < 1.29 is 9.47 Å². The van der Waals surface area contributed by atoms with Crippen LogP contribution in [0.3, 0.4) is 0 Å². The highest BCUT2D eigenvalue weighted by molar-refractivity contribution is 6.22. The van der Waals surface area contributed by atoms with Gasteiger partial charge in [0.25, 0.3) is 5.25 Å². The lowest BCUT2D eigenvalue weighted by atomic mass is 10.5. The smallest absolute Gasteiger partial charge is 0.261 e. The number of morpholine rings is 1. The first-order valence-electron chi connectivity index (χ1n) is 3.44. The van der Waals surface area contributed by atoms with E-state index in [0.29, 0.717) is 19.8 Å². The van der Waals surface area contributed by atoms with Crippen LogP contribution < -0.4 is 5.32 Å². The largest absolute Gasteiger partial charge is 0.337 e. The number of hydrogen-bond donors (Lipinski definition) is 1. The van der Waals surface area contributed by atoms with Gasteiger partial charge in [-0.15, -0.1) is 0 Å². The molecule has 0 saturated carbocycles. The highest BCUT2D eigenvalue weighted by Crippen LogP contribution is 2.19. The predicted octanol–water partition coefficient (Wildman–Crippen LogP) is 0.535. The molecule has 0 aromatic heterocycles. The van der Waals surface area contributed by atoms with E-state index in [-0.39, 0.29) is 0 Å². The molecule has 1 rings (SSSR count). The summed E-state index contributed by atoms with van der Waals surface area (Å²) in [5, 5.41) is 2.17. The highest BCUT2D eigenvalue weighted by Gasteiger charge is 2.30. The second-order valence-corrected chi connectivity index (χ2v) is 2.69. The quantitative estimate of drug-likeness (QED) is 0.606. The third-order valence-electron chi connectivity index (χ3n) is 1.29. The van der Waals surface area contributed by atoms with Crippen LogP contribution in [0.25, 0.3) is 0 Å². The van der Waals surface area contributed by atoms with E-state index in [1.165, 1.54) is 0 Å². The predicted molar refractivity (Wildman–Crippen MR) is 39.0 cm³/mol. The van der Waals surface area contributed by atoms with Crippen LogP contribution in [0.2, 0.25) is 0 Å². The molecule has 1 unspecified atom stereocenters. The average Bonchev–Trinajstić information content (AvgIpc) is 1.89. The molecule has 0 aromatic carbocycles. The number of alkyl halides is 1. The van der Waals surface area contributed by atoms with Crippen molar-refractivity contribution in [1.82, 2.24) is 5.32 Å². The van der Waals surface area contributed by atoms with Crippen LogP contribution in [0.15, 0.2) is 0 Å². The molecular weight excluding hydrogens is 154 g/mol. The summed E-state index contributed by atoms with van der Waals surface area (Å²) in [7, 11) is 0. The number of ether oxygens (including phenoxy) is 2. The molecule has 0 aliphatic carbocycles. The van der Waals surface area contributed by atoms with Crippen LogP contribution in [0.1, 0.15) is 6.92 Å². The third-order valence-corrected chi connectivity index (χ3v) is 1.64. The van der Waals surface area contributed by atoms with Crippen molar-refractivity contribution in [2.24, 2.45) is 0 Å². The molecule has 1 N–H and O–H groups in total. The van der Waals surface area contributed by atoms with Crippen molar-refractivity contribution in [3.8, 4) is 0 Å². The summed E-state index contributed by atoms with van der Waals surface area (Å²) >= 11 is 5.87. The molecule has 1 aliphatic heterocycles.